The van der Waals surface area contributed by atoms with Crippen LogP contribution in [0.2, 0.25) is 5.02 Å². The summed E-state index contributed by atoms with van der Waals surface area (Å²) >= 11 is 7.56. The number of esters is 1. The molecular formula is C18H19ClN4O3S. The van der Waals surface area contributed by atoms with Gasteiger partial charge in [0.25, 0.3) is 5.91 Å². The Hall–Kier alpha value is -2.32. The predicted octanol–water partition coefficient (Wildman–Crippen LogP) is 2.36. The first-order valence-electron chi connectivity index (χ1n) is 8.39. The number of carbonyl (C=O) groups excluding carboxylic acids is 2. The van der Waals surface area contributed by atoms with Crippen LogP contribution in [0.5, 0.6) is 0 Å². The highest BCUT2D eigenvalue weighted by molar-refractivity contribution is 7.98. The number of halogens is 1. The number of aromatic nitrogens is 2. The lowest BCUT2D eigenvalue weighted by molar-refractivity contribution is -0.134. The van der Waals surface area contributed by atoms with Gasteiger partial charge in [0.1, 0.15) is 0 Å². The topological polar surface area (TPSA) is 75.6 Å². The van der Waals surface area contributed by atoms with Crippen LogP contribution >= 0.6 is 23.4 Å². The van der Waals surface area contributed by atoms with Gasteiger partial charge in [-0.25, -0.2) is 14.8 Å². The Kier molecular flexibility index (Phi) is 6.52. The van der Waals surface area contributed by atoms with Crippen LogP contribution in [0.25, 0.3) is 0 Å². The molecule has 0 spiro atoms. The number of benzene rings is 1. The van der Waals surface area contributed by atoms with Crippen molar-refractivity contribution in [2.75, 3.05) is 43.9 Å². The molecule has 0 aliphatic carbocycles. The van der Waals surface area contributed by atoms with Crippen molar-refractivity contribution in [3.05, 3.63) is 47.2 Å². The first-order chi connectivity index (χ1) is 13.1. The van der Waals surface area contributed by atoms with Crippen LogP contribution < -0.4 is 4.90 Å². The Bertz CT molecular complexity index is 814. The van der Waals surface area contributed by atoms with E-state index in [4.69, 9.17) is 16.3 Å². The van der Waals surface area contributed by atoms with E-state index < -0.39 is 5.97 Å². The zero-order valence-corrected chi connectivity index (χ0v) is 16.4. The molecule has 2 heterocycles. The molecule has 0 unspecified atom stereocenters. The third kappa shape index (κ3) is 4.90. The standard InChI is InChI=1S/C18H19ClN4O3S/c1-27-13-3-4-15(19)14(11-13)17(25)26-12-16(24)22-7-9-23(10-8-22)18-20-5-2-6-21-18/h2-6,11H,7-10,12H2,1H3. The number of rotatable bonds is 5. The Morgan fingerprint density at radius 2 is 1.89 bits per heavy atom. The van der Waals surface area contributed by atoms with Gasteiger partial charge in [-0.1, -0.05) is 11.6 Å². The van der Waals surface area contributed by atoms with Crippen molar-refractivity contribution in [2.45, 2.75) is 4.90 Å². The van der Waals surface area contributed by atoms with Crippen molar-refractivity contribution < 1.29 is 14.3 Å². The van der Waals surface area contributed by atoms with Crippen molar-refractivity contribution in [2.24, 2.45) is 0 Å². The second-order valence-electron chi connectivity index (χ2n) is 5.84. The summed E-state index contributed by atoms with van der Waals surface area (Å²) in [7, 11) is 0. The van der Waals surface area contributed by atoms with E-state index in [1.807, 2.05) is 17.2 Å². The fraction of sp³-hybridized carbons (Fsp3) is 0.333. The molecule has 1 fully saturated rings. The summed E-state index contributed by atoms with van der Waals surface area (Å²) < 4.78 is 5.17. The molecular weight excluding hydrogens is 388 g/mol. The second kappa shape index (κ2) is 9.05. The van der Waals surface area contributed by atoms with E-state index in [0.717, 1.165) is 4.90 Å². The maximum absolute atomic E-state index is 12.3. The van der Waals surface area contributed by atoms with Gasteiger partial charge in [-0.3, -0.25) is 4.79 Å². The highest BCUT2D eigenvalue weighted by Crippen LogP contribution is 2.23. The second-order valence-corrected chi connectivity index (χ2v) is 7.13. The van der Waals surface area contributed by atoms with Gasteiger partial charge < -0.3 is 14.5 Å². The third-order valence-corrected chi connectivity index (χ3v) is 5.24. The van der Waals surface area contributed by atoms with E-state index in [-0.39, 0.29) is 18.1 Å². The van der Waals surface area contributed by atoms with E-state index in [9.17, 15) is 9.59 Å². The van der Waals surface area contributed by atoms with Gasteiger partial charge in [-0.15, -0.1) is 11.8 Å². The average molecular weight is 407 g/mol. The molecule has 0 N–H and O–H groups in total. The zero-order valence-electron chi connectivity index (χ0n) is 14.8. The number of nitrogens with zero attached hydrogens (tertiary/aromatic N) is 4. The van der Waals surface area contributed by atoms with E-state index >= 15 is 0 Å². The van der Waals surface area contributed by atoms with E-state index in [1.54, 1.807) is 35.5 Å². The van der Waals surface area contributed by atoms with Crippen molar-refractivity contribution >= 4 is 41.2 Å². The summed E-state index contributed by atoms with van der Waals surface area (Å²) in [5.74, 6) is -0.172. The van der Waals surface area contributed by atoms with Gasteiger partial charge in [-0.2, -0.15) is 0 Å². The van der Waals surface area contributed by atoms with Crippen molar-refractivity contribution in [1.29, 1.82) is 0 Å². The minimum atomic E-state index is -0.597. The molecule has 1 saturated heterocycles. The summed E-state index contributed by atoms with van der Waals surface area (Å²) in [6.07, 6.45) is 5.29. The number of hydrogen-bond donors (Lipinski definition) is 0. The molecule has 1 aromatic carbocycles. The van der Waals surface area contributed by atoms with Crippen LogP contribution in [-0.4, -0.2) is 65.8 Å². The van der Waals surface area contributed by atoms with Crippen molar-refractivity contribution in [3.8, 4) is 0 Å². The molecule has 7 nitrogen and oxygen atoms in total. The predicted molar refractivity (Wildman–Crippen MR) is 104 cm³/mol. The number of thioether (sulfide) groups is 1. The Labute approximate surface area is 166 Å². The van der Waals surface area contributed by atoms with Crippen LogP contribution in [0, 0.1) is 0 Å². The van der Waals surface area contributed by atoms with E-state index in [0.29, 0.717) is 37.1 Å². The van der Waals surface area contributed by atoms with Gasteiger partial charge in [-0.05, 0) is 30.5 Å². The van der Waals surface area contributed by atoms with Crippen LogP contribution in [-0.2, 0) is 9.53 Å². The molecule has 0 saturated carbocycles. The van der Waals surface area contributed by atoms with Gasteiger partial charge in [0.15, 0.2) is 6.61 Å². The van der Waals surface area contributed by atoms with E-state index in [2.05, 4.69) is 9.97 Å². The monoisotopic (exact) mass is 406 g/mol. The Morgan fingerprint density at radius 3 is 2.56 bits per heavy atom. The lowest BCUT2D eigenvalue weighted by atomic mass is 10.2. The largest absolute Gasteiger partial charge is 0.452 e. The highest BCUT2D eigenvalue weighted by Gasteiger charge is 2.23. The Morgan fingerprint density at radius 1 is 1.19 bits per heavy atom. The summed E-state index contributed by atoms with van der Waals surface area (Å²) in [5.41, 5.74) is 0.266. The van der Waals surface area contributed by atoms with E-state index in [1.165, 1.54) is 11.8 Å². The Balaban J connectivity index is 1.51. The third-order valence-electron chi connectivity index (χ3n) is 4.19. The first kappa shape index (κ1) is 19.4. The van der Waals surface area contributed by atoms with Crippen LogP contribution in [0.15, 0.2) is 41.6 Å². The highest BCUT2D eigenvalue weighted by atomic mass is 35.5. The molecule has 9 heteroatoms. The van der Waals surface area contributed by atoms with Crippen molar-refractivity contribution in [3.63, 3.8) is 0 Å². The fourth-order valence-electron chi connectivity index (χ4n) is 2.69. The number of anilines is 1. The number of piperazine rings is 1. The first-order valence-corrected chi connectivity index (χ1v) is 9.99. The number of amides is 1. The number of carbonyl (C=O) groups is 2. The van der Waals surface area contributed by atoms with Gasteiger partial charge >= 0.3 is 5.97 Å². The zero-order chi connectivity index (χ0) is 19.2. The smallest absolute Gasteiger partial charge is 0.340 e. The maximum Gasteiger partial charge on any atom is 0.340 e. The summed E-state index contributed by atoms with van der Waals surface area (Å²) in [6, 6.07) is 6.90. The number of ether oxygens (including phenoxy) is 1. The maximum atomic E-state index is 12.3. The van der Waals surface area contributed by atoms with Crippen LogP contribution in [0.3, 0.4) is 0 Å². The molecule has 1 aromatic heterocycles. The molecule has 1 aliphatic rings. The minimum absolute atomic E-state index is 0.228. The molecule has 142 valence electrons. The molecule has 27 heavy (non-hydrogen) atoms. The summed E-state index contributed by atoms with van der Waals surface area (Å²) in [5, 5.41) is 0.307. The lowest BCUT2D eigenvalue weighted by Crippen LogP contribution is -2.50. The normalized spacial score (nSPS) is 14.1. The molecule has 1 amide bonds. The molecule has 0 bridgehead atoms. The minimum Gasteiger partial charge on any atom is -0.452 e. The SMILES string of the molecule is CSc1ccc(Cl)c(C(=O)OCC(=O)N2CCN(c3ncccn3)CC2)c1. The molecule has 3 rings (SSSR count). The fourth-order valence-corrected chi connectivity index (χ4v) is 3.33. The molecule has 0 atom stereocenters. The van der Waals surface area contributed by atoms with Gasteiger partial charge in [0, 0.05) is 43.5 Å². The van der Waals surface area contributed by atoms with Gasteiger partial charge in [0.2, 0.25) is 5.95 Å². The average Bonchev–Trinajstić information content (AvgIpc) is 2.73. The van der Waals surface area contributed by atoms with Crippen LogP contribution in [0.1, 0.15) is 10.4 Å². The van der Waals surface area contributed by atoms with Crippen LogP contribution in [0.4, 0.5) is 5.95 Å². The molecule has 0 radical (unpaired) electrons. The summed E-state index contributed by atoms with van der Waals surface area (Å²) in [6.45, 7) is 2.01. The molecule has 2 aromatic rings. The quantitative estimate of drug-likeness (QED) is 0.557. The molecule has 1 aliphatic heterocycles. The number of hydrogen-bond acceptors (Lipinski definition) is 7. The lowest BCUT2D eigenvalue weighted by Gasteiger charge is -2.34. The summed E-state index contributed by atoms with van der Waals surface area (Å²) in [4.78, 5) is 37.6. The van der Waals surface area contributed by atoms with Gasteiger partial charge in [0.05, 0.1) is 10.6 Å². The van der Waals surface area contributed by atoms with Crippen molar-refractivity contribution in [1.82, 2.24) is 14.9 Å².